The first kappa shape index (κ1) is 26.5. The summed E-state index contributed by atoms with van der Waals surface area (Å²) < 4.78 is 16.8. The Bertz CT molecular complexity index is 1040. The first-order chi connectivity index (χ1) is 16.7. The van der Waals surface area contributed by atoms with Crippen LogP contribution in [0.3, 0.4) is 0 Å². The SMILES string of the molecule is CCCCOc1ccccc1[C@@H]1C(C(=O)O[C@H](C)CC)=C(C)NC2=C1C(=O)[C@@H](C(=O)OC)[C@@H](C)C2. The number of methoxy groups -OCH3 is 1. The minimum absolute atomic E-state index is 0.237. The number of hydrogen-bond acceptors (Lipinski definition) is 7. The molecule has 7 heteroatoms. The monoisotopic (exact) mass is 483 g/mol. The van der Waals surface area contributed by atoms with Crippen molar-refractivity contribution in [3.63, 3.8) is 0 Å². The predicted molar refractivity (Wildman–Crippen MR) is 133 cm³/mol. The summed E-state index contributed by atoms with van der Waals surface area (Å²) in [6.45, 7) is 10.1. The van der Waals surface area contributed by atoms with Crippen molar-refractivity contribution in [1.29, 1.82) is 0 Å². The second-order valence-corrected chi connectivity index (χ2v) is 9.40. The van der Waals surface area contributed by atoms with Crippen molar-refractivity contribution < 1.29 is 28.6 Å². The van der Waals surface area contributed by atoms with E-state index in [2.05, 4.69) is 12.2 Å². The molecule has 1 aliphatic carbocycles. The molecule has 0 unspecified atom stereocenters. The van der Waals surface area contributed by atoms with E-state index in [1.54, 1.807) is 0 Å². The number of dihydropyridines is 1. The zero-order chi connectivity index (χ0) is 25.7. The molecule has 35 heavy (non-hydrogen) atoms. The molecule has 1 aromatic rings. The van der Waals surface area contributed by atoms with Gasteiger partial charge in [0.1, 0.15) is 11.7 Å². The number of unbranched alkanes of at least 4 members (excludes halogenated alkanes) is 1. The van der Waals surface area contributed by atoms with Crippen LogP contribution in [0, 0.1) is 11.8 Å². The molecule has 0 amide bonds. The summed E-state index contributed by atoms with van der Waals surface area (Å²) in [5.74, 6) is -2.63. The van der Waals surface area contributed by atoms with Gasteiger partial charge in [-0.25, -0.2) is 4.79 Å². The minimum atomic E-state index is -0.929. The number of ether oxygens (including phenoxy) is 3. The zero-order valence-corrected chi connectivity index (χ0v) is 21.6. The third kappa shape index (κ3) is 5.44. The van der Waals surface area contributed by atoms with Gasteiger partial charge in [-0.2, -0.15) is 0 Å². The van der Waals surface area contributed by atoms with Crippen LogP contribution in [0.1, 0.15) is 71.8 Å². The molecule has 190 valence electrons. The van der Waals surface area contributed by atoms with Crippen molar-refractivity contribution in [2.75, 3.05) is 13.7 Å². The second-order valence-electron chi connectivity index (χ2n) is 9.40. The Morgan fingerprint density at radius 2 is 1.91 bits per heavy atom. The number of esters is 2. The van der Waals surface area contributed by atoms with Crippen LogP contribution < -0.4 is 10.1 Å². The molecule has 2 aliphatic rings. The highest BCUT2D eigenvalue weighted by atomic mass is 16.5. The van der Waals surface area contributed by atoms with Gasteiger partial charge in [-0.3, -0.25) is 9.59 Å². The molecule has 0 saturated carbocycles. The van der Waals surface area contributed by atoms with E-state index in [4.69, 9.17) is 14.2 Å². The molecule has 4 atom stereocenters. The molecule has 1 aromatic carbocycles. The third-order valence-corrected chi connectivity index (χ3v) is 6.83. The highest BCUT2D eigenvalue weighted by molar-refractivity contribution is 6.12. The van der Waals surface area contributed by atoms with Crippen LogP contribution in [0.4, 0.5) is 0 Å². The van der Waals surface area contributed by atoms with Crippen LogP contribution in [-0.4, -0.2) is 37.5 Å². The number of hydrogen-bond donors (Lipinski definition) is 1. The molecule has 0 fully saturated rings. The van der Waals surface area contributed by atoms with E-state index in [1.165, 1.54) is 7.11 Å². The van der Waals surface area contributed by atoms with Gasteiger partial charge in [-0.1, -0.05) is 45.4 Å². The lowest BCUT2D eigenvalue weighted by Gasteiger charge is -2.38. The first-order valence-electron chi connectivity index (χ1n) is 12.5. The summed E-state index contributed by atoms with van der Waals surface area (Å²) in [6.07, 6.45) is 2.74. The van der Waals surface area contributed by atoms with Gasteiger partial charge < -0.3 is 19.5 Å². The fourth-order valence-corrected chi connectivity index (χ4v) is 4.77. The number of carbonyl (C=O) groups excluding carboxylic acids is 3. The summed E-state index contributed by atoms with van der Waals surface area (Å²) in [6, 6.07) is 7.47. The minimum Gasteiger partial charge on any atom is -0.493 e. The normalized spacial score (nSPS) is 22.8. The van der Waals surface area contributed by atoms with Crippen LogP contribution in [0.5, 0.6) is 5.75 Å². The number of para-hydroxylation sites is 1. The highest BCUT2D eigenvalue weighted by Gasteiger charge is 2.48. The lowest BCUT2D eigenvalue weighted by atomic mass is 9.69. The fourth-order valence-electron chi connectivity index (χ4n) is 4.77. The van der Waals surface area contributed by atoms with Crippen molar-refractivity contribution in [2.24, 2.45) is 11.8 Å². The standard InChI is InChI=1S/C28H37NO6/c1-7-9-14-34-21-13-11-10-12-19(21)24-23(28(32)35-17(4)8-2)18(5)29-20-15-16(3)22(27(31)33-6)26(30)25(20)24/h10-13,16-17,22,24,29H,7-9,14-15H2,1-6H3/t16-,17+,22-,24+/m0/s1. The maximum atomic E-state index is 13.9. The number of carbonyl (C=O) groups is 3. The maximum Gasteiger partial charge on any atom is 0.337 e. The van der Waals surface area contributed by atoms with E-state index < -0.39 is 23.8 Å². The van der Waals surface area contributed by atoms with Gasteiger partial charge in [0.15, 0.2) is 5.78 Å². The lowest BCUT2D eigenvalue weighted by molar-refractivity contribution is -0.151. The average molecular weight is 484 g/mol. The van der Waals surface area contributed by atoms with E-state index in [0.717, 1.165) is 18.5 Å². The maximum absolute atomic E-state index is 13.9. The van der Waals surface area contributed by atoms with E-state index >= 15 is 0 Å². The summed E-state index contributed by atoms with van der Waals surface area (Å²) in [5, 5.41) is 3.30. The smallest absolute Gasteiger partial charge is 0.337 e. The first-order valence-corrected chi connectivity index (χ1v) is 12.5. The second kappa shape index (κ2) is 11.6. The molecule has 0 saturated heterocycles. The van der Waals surface area contributed by atoms with E-state index in [-0.39, 0.29) is 17.8 Å². The summed E-state index contributed by atoms with van der Waals surface area (Å²) >= 11 is 0. The van der Waals surface area contributed by atoms with Crippen LogP contribution >= 0.6 is 0 Å². The number of Topliss-reactive ketones (excluding diaryl/α,β-unsaturated/α-hetero) is 1. The Kier molecular flexibility index (Phi) is 8.76. The predicted octanol–water partition coefficient (Wildman–Crippen LogP) is 4.82. The molecule has 0 bridgehead atoms. The van der Waals surface area contributed by atoms with Crippen molar-refractivity contribution >= 4 is 17.7 Å². The number of allylic oxidation sites excluding steroid dienone is 3. The van der Waals surface area contributed by atoms with E-state index in [0.29, 0.717) is 47.6 Å². The topological polar surface area (TPSA) is 90.9 Å². The number of nitrogens with one attached hydrogen (secondary N) is 1. The summed E-state index contributed by atoms with van der Waals surface area (Å²) in [5.41, 5.74) is 2.85. The van der Waals surface area contributed by atoms with Crippen molar-refractivity contribution in [2.45, 2.75) is 72.3 Å². The Hall–Kier alpha value is -3.09. The molecular weight excluding hydrogens is 446 g/mol. The largest absolute Gasteiger partial charge is 0.493 e. The molecule has 0 radical (unpaired) electrons. The van der Waals surface area contributed by atoms with E-state index in [9.17, 15) is 14.4 Å². The fraction of sp³-hybridized carbons (Fsp3) is 0.536. The molecule has 0 aromatic heterocycles. The van der Waals surface area contributed by atoms with E-state index in [1.807, 2.05) is 52.0 Å². The molecule has 1 heterocycles. The Labute approximate surface area is 207 Å². The zero-order valence-electron chi connectivity index (χ0n) is 21.6. The van der Waals surface area contributed by atoms with Gasteiger partial charge in [0.2, 0.25) is 0 Å². The molecule has 1 aliphatic heterocycles. The van der Waals surface area contributed by atoms with Crippen molar-refractivity contribution in [3.05, 3.63) is 52.4 Å². The lowest BCUT2D eigenvalue weighted by Crippen LogP contribution is -2.43. The highest BCUT2D eigenvalue weighted by Crippen LogP contribution is 2.47. The van der Waals surface area contributed by atoms with Crippen LogP contribution in [-0.2, 0) is 23.9 Å². The van der Waals surface area contributed by atoms with Crippen LogP contribution in [0.15, 0.2) is 46.8 Å². The summed E-state index contributed by atoms with van der Waals surface area (Å²) in [4.78, 5) is 39.9. The van der Waals surface area contributed by atoms with Crippen LogP contribution in [0.25, 0.3) is 0 Å². The van der Waals surface area contributed by atoms with Crippen molar-refractivity contribution in [1.82, 2.24) is 5.32 Å². The number of rotatable bonds is 9. The van der Waals surface area contributed by atoms with Gasteiger partial charge in [-0.15, -0.1) is 0 Å². The molecule has 0 spiro atoms. The van der Waals surface area contributed by atoms with Crippen LogP contribution in [0.2, 0.25) is 0 Å². The van der Waals surface area contributed by atoms with Gasteiger partial charge in [0.05, 0.1) is 31.3 Å². The number of benzene rings is 1. The average Bonchev–Trinajstić information content (AvgIpc) is 2.83. The molecular formula is C28H37NO6. The Morgan fingerprint density at radius 3 is 2.57 bits per heavy atom. The van der Waals surface area contributed by atoms with Gasteiger partial charge >= 0.3 is 11.9 Å². The van der Waals surface area contributed by atoms with Gasteiger partial charge in [0, 0.05) is 22.5 Å². The number of ketones is 1. The Morgan fingerprint density at radius 1 is 1.20 bits per heavy atom. The summed E-state index contributed by atoms with van der Waals surface area (Å²) in [7, 11) is 1.29. The third-order valence-electron chi connectivity index (χ3n) is 6.83. The van der Waals surface area contributed by atoms with Crippen molar-refractivity contribution in [3.8, 4) is 5.75 Å². The molecule has 7 nitrogen and oxygen atoms in total. The Balaban J connectivity index is 2.18. The van der Waals surface area contributed by atoms with Gasteiger partial charge in [0.25, 0.3) is 0 Å². The quantitative estimate of drug-likeness (QED) is 0.306. The van der Waals surface area contributed by atoms with Gasteiger partial charge in [-0.05, 0) is 45.1 Å². The molecule has 1 N–H and O–H groups in total. The molecule has 3 rings (SSSR count).